The minimum atomic E-state index is -0.414. The Hall–Kier alpha value is -3.13. The van der Waals surface area contributed by atoms with Gasteiger partial charge in [-0.3, -0.25) is 4.79 Å². The highest BCUT2D eigenvalue weighted by molar-refractivity contribution is 5.93. The summed E-state index contributed by atoms with van der Waals surface area (Å²) in [6.45, 7) is 10.0. The number of nitrogens with zero attached hydrogens (tertiary/aromatic N) is 4. The summed E-state index contributed by atoms with van der Waals surface area (Å²) in [7, 11) is 0. The molecule has 0 amide bonds. The van der Waals surface area contributed by atoms with Crippen molar-refractivity contribution >= 4 is 28.4 Å². The largest absolute Gasteiger partial charge is 0.460 e. The number of H-pyrrole nitrogens is 1. The van der Waals surface area contributed by atoms with Crippen LogP contribution in [-0.4, -0.2) is 65.4 Å². The molecule has 1 N–H and O–H groups in total. The van der Waals surface area contributed by atoms with Crippen LogP contribution < -0.4 is 9.80 Å². The lowest BCUT2D eigenvalue weighted by molar-refractivity contribution is -0.156. The number of hydrogen-bond acceptors (Lipinski definition) is 7. The smallest absolute Gasteiger partial charge is 0.306 e. The maximum Gasteiger partial charge on any atom is 0.306 e. The van der Waals surface area contributed by atoms with E-state index in [4.69, 9.17) is 19.4 Å². The molecule has 1 saturated heterocycles. The van der Waals surface area contributed by atoms with Crippen molar-refractivity contribution in [3.63, 3.8) is 0 Å². The van der Waals surface area contributed by atoms with E-state index in [1.807, 2.05) is 33.2 Å². The molecule has 1 atom stereocenters. The number of aromatic amines is 1. The second-order valence-electron chi connectivity index (χ2n) is 12.2. The van der Waals surface area contributed by atoms with Gasteiger partial charge in [0.05, 0.1) is 31.1 Å². The fraction of sp³-hybridized carbons (Fsp3) is 0.567. The van der Waals surface area contributed by atoms with Crippen LogP contribution in [0.4, 0.5) is 11.5 Å². The number of hydrogen-bond donors (Lipinski definition) is 1. The van der Waals surface area contributed by atoms with Crippen LogP contribution in [0.15, 0.2) is 36.7 Å². The van der Waals surface area contributed by atoms with Gasteiger partial charge in [-0.15, -0.1) is 0 Å². The van der Waals surface area contributed by atoms with E-state index in [9.17, 15) is 4.79 Å². The number of benzene rings is 1. The molecule has 1 saturated carbocycles. The maximum atomic E-state index is 12.3. The zero-order valence-corrected chi connectivity index (χ0v) is 22.8. The van der Waals surface area contributed by atoms with Gasteiger partial charge < -0.3 is 24.3 Å². The Morgan fingerprint density at radius 2 is 1.97 bits per heavy atom. The molecule has 1 unspecified atom stereocenters. The second kappa shape index (κ2) is 10.2. The van der Waals surface area contributed by atoms with Crippen LogP contribution in [0.1, 0.15) is 52.9 Å². The standard InChI is InChI=1S/C30H39N5O3/c1-30(2,3)38-27(36)15-20-7-9-21(10-8-20)17-34-18-22-19-37-14-13-35(22)29-26(34)16-32-28(33-29)24-5-4-6-25-23(24)11-12-31-25/h4-6,11-12,16,20-22,31H,7-10,13-15,17-19H2,1-3H3. The number of nitrogens with one attached hydrogen (secondary N) is 1. The van der Waals surface area contributed by atoms with Crippen LogP contribution in [0.2, 0.25) is 0 Å². The Kier molecular flexibility index (Phi) is 6.76. The topological polar surface area (TPSA) is 83.6 Å². The molecule has 6 rings (SSSR count). The summed E-state index contributed by atoms with van der Waals surface area (Å²) in [5, 5.41) is 1.14. The van der Waals surface area contributed by atoms with Crippen molar-refractivity contribution in [2.75, 3.05) is 42.6 Å². The fourth-order valence-corrected chi connectivity index (χ4v) is 6.37. The Morgan fingerprint density at radius 3 is 2.79 bits per heavy atom. The summed E-state index contributed by atoms with van der Waals surface area (Å²) in [5.41, 5.74) is 2.86. The Morgan fingerprint density at radius 1 is 1.16 bits per heavy atom. The maximum absolute atomic E-state index is 12.3. The van der Waals surface area contributed by atoms with E-state index in [-0.39, 0.29) is 5.97 Å². The van der Waals surface area contributed by atoms with Crippen molar-refractivity contribution in [1.82, 2.24) is 15.0 Å². The number of carbonyl (C=O) groups excluding carboxylic acids is 1. The summed E-state index contributed by atoms with van der Waals surface area (Å²) in [6.07, 6.45) is 8.98. The molecule has 202 valence electrons. The van der Waals surface area contributed by atoms with Crippen molar-refractivity contribution in [3.8, 4) is 11.4 Å². The van der Waals surface area contributed by atoms with Gasteiger partial charge in [-0.05, 0) is 70.4 Å². The molecule has 3 aliphatic rings. The van der Waals surface area contributed by atoms with Gasteiger partial charge in [0.15, 0.2) is 11.6 Å². The summed E-state index contributed by atoms with van der Waals surface area (Å²) in [4.78, 5) is 30.6. The molecular formula is C30H39N5O3. The Bertz CT molecular complexity index is 1290. The number of carbonyl (C=O) groups is 1. The van der Waals surface area contributed by atoms with Gasteiger partial charge in [-0.1, -0.05) is 12.1 Å². The molecule has 8 heteroatoms. The van der Waals surface area contributed by atoms with Crippen molar-refractivity contribution < 1.29 is 14.3 Å². The predicted molar refractivity (Wildman–Crippen MR) is 149 cm³/mol. The zero-order chi connectivity index (χ0) is 26.3. The molecule has 8 nitrogen and oxygen atoms in total. The third-order valence-corrected chi connectivity index (χ3v) is 8.18. The number of esters is 1. The summed E-state index contributed by atoms with van der Waals surface area (Å²) >= 11 is 0. The molecule has 1 aliphatic carbocycles. The molecular weight excluding hydrogens is 478 g/mol. The average molecular weight is 518 g/mol. The van der Waals surface area contributed by atoms with Gasteiger partial charge in [-0.25, -0.2) is 9.97 Å². The van der Waals surface area contributed by atoms with Crippen LogP contribution in [0, 0.1) is 11.8 Å². The van der Waals surface area contributed by atoms with Crippen LogP contribution in [0.25, 0.3) is 22.3 Å². The summed E-state index contributed by atoms with van der Waals surface area (Å²) < 4.78 is 11.4. The van der Waals surface area contributed by atoms with E-state index in [1.54, 1.807) is 0 Å². The monoisotopic (exact) mass is 517 g/mol. The van der Waals surface area contributed by atoms with Gasteiger partial charge in [0.1, 0.15) is 5.60 Å². The first kappa shape index (κ1) is 25.2. The zero-order valence-electron chi connectivity index (χ0n) is 22.8. The third kappa shape index (κ3) is 5.23. The number of anilines is 2. The Labute approximate surface area is 224 Å². The fourth-order valence-electron chi connectivity index (χ4n) is 6.37. The van der Waals surface area contributed by atoms with Gasteiger partial charge in [-0.2, -0.15) is 0 Å². The molecule has 0 spiro atoms. The van der Waals surface area contributed by atoms with Crippen molar-refractivity contribution in [1.29, 1.82) is 0 Å². The Balaban J connectivity index is 1.19. The molecule has 4 heterocycles. The van der Waals surface area contributed by atoms with Gasteiger partial charge >= 0.3 is 5.97 Å². The highest BCUT2D eigenvalue weighted by Gasteiger charge is 2.36. The number of ether oxygens (including phenoxy) is 2. The lowest BCUT2D eigenvalue weighted by Gasteiger charge is -2.46. The first-order chi connectivity index (χ1) is 18.3. The number of morpholine rings is 1. The number of aromatic nitrogens is 3. The van der Waals surface area contributed by atoms with E-state index in [0.29, 0.717) is 24.3 Å². The first-order valence-electron chi connectivity index (χ1n) is 14.1. The average Bonchev–Trinajstić information content (AvgIpc) is 3.38. The van der Waals surface area contributed by atoms with Crippen LogP contribution in [-0.2, 0) is 14.3 Å². The van der Waals surface area contributed by atoms with Crippen LogP contribution in [0.3, 0.4) is 0 Å². The molecule has 3 aromatic rings. The minimum Gasteiger partial charge on any atom is -0.460 e. The third-order valence-electron chi connectivity index (χ3n) is 8.18. The van der Waals surface area contributed by atoms with Crippen LogP contribution >= 0.6 is 0 Å². The van der Waals surface area contributed by atoms with E-state index in [0.717, 1.165) is 92.3 Å². The van der Waals surface area contributed by atoms with Crippen molar-refractivity contribution in [2.24, 2.45) is 11.8 Å². The van der Waals surface area contributed by atoms with Gasteiger partial charge in [0.2, 0.25) is 0 Å². The lowest BCUT2D eigenvalue weighted by atomic mass is 9.80. The van der Waals surface area contributed by atoms with Crippen molar-refractivity contribution in [2.45, 2.75) is 64.5 Å². The quantitative estimate of drug-likeness (QED) is 0.467. The van der Waals surface area contributed by atoms with Gasteiger partial charge in [0.25, 0.3) is 0 Å². The second-order valence-corrected chi connectivity index (χ2v) is 12.2. The SMILES string of the molecule is CC(C)(C)OC(=O)CC1CCC(CN2CC3COCCN3c3nc(-c4cccc5[nH]ccc45)ncc32)CC1. The molecule has 0 radical (unpaired) electrons. The molecule has 1 aromatic carbocycles. The van der Waals surface area contributed by atoms with Crippen molar-refractivity contribution in [3.05, 3.63) is 36.7 Å². The number of rotatable bonds is 5. The van der Waals surface area contributed by atoms with Gasteiger partial charge in [0, 0.05) is 48.7 Å². The molecule has 38 heavy (non-hydrogen) atoms. The summed E-state index contributed by atoms with van der Waals surface area (Å²) in [6, 6.07) is 8.63. The highest BCUT2D eigenvalue weighted by atomic mass is 16.6. The van der Waals surface area contributed by atoms with E-state index < -0.39 is 5.60 Å². The normalized spacial score (nSPS) is 23.7. The predicted octanol–water partition coefficient (Wildman–Crippen LogP) is 5.19. The summed E-state index contributed by atoms with van der Waals surface area (Å²) in [5.74, 6) is 2.76. The van der Waals surface area contributed by atoms with E-state index >= 15 is 0 Å². The highest BCUT2D eigenvalue weighted by Crippen LogP contribution is 2.39. The lowest BCUT2D eigenvalue weighted by Crippen LogP contribution is -2.56. The van der Waals surface area contributed by atoms with E-state index in [1.165, 1.54) is 0 Å². The first-order valence-corrected chi connectivity index (χ1v) is 14.1. The molecule has 2 aliphatic heterocycles. The molecule has 2 aromatic heterocycles. The molecule has 0 bridgehead atoms. The van der Waals surface area contributed by atoms with E-state index in [2.05, 4.69) is 39.0 Å². The minimum absolute atomic E-state index is 0.0634. The number of fused-ring (bicyclic) bond motifs is 4. The van der Waals surface area contributed by atoms with Crippen LogP contribution in [0.5, 0.6) is 0 Å². The molecule has 2 fully saturated rings.